The summed E-state index contributed by atoms with van der Waals surface area (Å²) in [6.07, 6.45) is 0.848. The predicted octanol–water partition coefficient (Wildman–Crippen LogP) is 5.21. The third kappa shape index (κ3) is 7.37. The van der Waals surface area contributed by atoms with Gasteiger partial charge in [0.1, 0.15) is 6.04 Å². The van der Waals surface area contributed by atoms with Crippen LogP contribution in [0.3, 0.4) is 0 Å². The summed E-state index contributed by atoms with van der Waals surface area (Å²) in [6, 6.07) is 15.1. The molecule has 2 atom stereocenters. The molecule has 6 heteroatoms. The highest BCUT2D eigenvalue weighted by atomic mass is 35.5. The average Bonchev–Trinajstić information content (AvgIpc) is 2.73. The Morgan fingerprint density at radius 3 is 2.40 bits per heavy atom. The number of amides is 2. The van der Waals surface area contributed by atoms with Crippen molar-refractivity contribution in [1.29, 1.82) is 0 Å². The molecule has 0 aliphatic heterocycles. The zero-order valence-corrected chi connectivity index (χ0v) is 19.7. The molecule has 0 aliphatic carbocycles. The van der Waals surface area contributed by atoms with Crippen molar-refractivity contribution in [3.05, 3.63) is 70.2 Å². The summed E-state index contributed by atoms with van der Waals surface area (Å²) in [5, 5.41) is 3.70. The summed E-state index contributed by atoms with van der Waals surface area (Å²) in [5.74, 6) is 0.877. The molecule has 2 rings (SSSR count). The van der Waals surface area contributed by atoms with E-state index < -0.39 is 6.04 Å². The number of hydrogen-bond acceptors (Lipinski definition) is 3. The fourth-order valence-electron chi connectivity index (χ4n) is 2.94. The van der Waals surface area contributed by atoms with E-state index in [1.165, 1.54) is 0 Å². The van der Waals surface area contributed by atoms with E-state index in [1.807, 2.05) is 69.3 Å². The van der Waals surface area contributed by atoms with E-state index in [0.717, 1.165) is 23.1 Å². The van der Waals surface area contributed by atoms with Gasteiger partial charge in [0.05, 0.1) is 5.75 Å². The van der Waals surface area contributed by atoms with Gasteiger partial charge in [-0.1, -0.05) is 54.9 Å². The Balaban J connectivity index is 2.08. The second-order valence-electron chi connectivity index (χ2n) is 7.56. The first-order valence-electron chi connectivity index (χ1n) is 10.3. The molecule has 0 saturated carbocycles. The van der Waals surface area contributed by atoms with Crippen LogP contribution >= 0.6 is 23.4 Å². The van der Waals surface area contributed by atoms with Crippen LogP contribution in [-0.4, -0.2) is 34.6 Å². The van der Waals surface area contributed by atoms with E-state index in [-0.39, 0.29) is 17.9 Å². The molecule has 2 amide bonds. The molecule has 4 nitrogen and oxygen atoms in total. The minimum absolute atomic E-state index is 0.0379. The van der Waals surface area contributed by atoms with Crippen molar-refractivity contribution in [3.8, 4) is 0 Å². The maximum Gasteiger partial charge on any atom is 0.242 e. The number of nitrogens with zero attached hydrogens (tertiary/aromatic N) is 1. The number of aryl methyl sites for hydroxylation is 1. The van der Waals surface area contributed by atoms with Gasteiger partial charge in [0.25, 0.3) is 0 Å². The summed E-state index contributed by atoms with van der Waals surface area (Å²) >= 11 is 7.48. The van der Waals surface area contributed by atoms with Gasteiger partial charge in [0.2, 0.25) is 11.8 Å². The fraction of sp³-hybridized carbons (Fsp3) is 0.417. The molecule has 0 aliphatic rings. The molecule has 0 radical (unpaired) electrons. The van der Waals surface area contributed by atoms with E-state index in [0.29, 0.717) is 23.1 Å². The van der Waals surface area contributed by atoms with Crippen molar-refractivity contribution in [2.45, 2.75) is 58.5 Å². The first-order chi connectivity index (χ1) is 14.3. The second-order valence-corrected chi connectivity index (χ2v) is 8.98. The van der Waals surface area contributed by atoms with E-state index >= 15 is 0 Å². The van der Waals surface area contributed by atoms with E-state index in [1.54, 1.807) is 23.6 Å². The quantitative estimate of drug-likeness (QED) is 0.544. The molecule has 2 aromatic rings. The number of thioether (sulfide) groups is 1. The SMILES string of the molecule is CC[C@H](C)NC(=O)[C@H](C)N(Cc1ccccc1C)C(=O)CSCc1ccc(Cl)cc1. The highest BCUT2D eigenvalue weighted by Crippen LogP contribution is 2.19. The Kier molecular flexibility index (Phi) is 9.73. The normalized spacial score (nSPS) is 12.8. The second kappa shape index (κ2) is 12.0. The largest absolute Gasteiger partial charge is 0.352 e. The van der Waals surface area contributed by atoms with Crippen LogP contribution in [0, 0.1) is 6.92 Å². The lowest BCUT2D eigenvalue weighted by Gasteiger charge is -2.30. The highest BCUT2D eigenvalue weighted by Gasteiger charge is 2.27. The van der Waals surface area contributed by atoms with E-state index in [2.05, 4.69) is 5.32 Å². The summed E-state index contributed by atoms with van der Waals surface area (Å²) in [4.78, 5) is 27.5. The number of halogens is 1. The van der Waals surface area contributed by atoms with Gasteiger partial charge in [0.15, 0.2) is 0 Å². The topological polar surface area (TPSA) is 49.4 Å². The maximum absolute atomic E-state index is 13.1. The molecule has 0 aromatic heterocycles. The van der Waals surface area contributed by atoms with Gasteiger partial charge in [-0.05, 0) is 56.0 Å². The average molecular weight is 447 g/mol. The summed E-state index contributed by atoms with van der Waals surface area (Å²) in [6.45, 7) is 8.25. The van der Waals surface area contributed by atoms with Crippen LogP contribution in [0.25, 0.3) is 0 Å². The van der Waals surface area contributed by atoms with Crippen LogP contribution in [0.1, 0.15) is 43.9 Å². The molecule has 1 N–H and O–H groups in total. The van der Waals surface area contributed by atoms with Crippen molar-refractivity contribution in [1.82, 2.24) is 10.2 Å². The van der Waals surface area contributed by atoms with Gasteiger partial charge >= 0.3 is 0 Å². The van der Waals surface area contributed by atoms with Crippen LogP contribution in [0.4, 0.5) is 0 Å². The van der Waals surface area contributed by atoms with Gasteiger partial charge < -0.3 is 10.2 Å². The fourth-order valence-corrected chi connectivity index (χ4v) is 3.94. The summed E-state index contributed by atoms with van der Waals surface area (Å²) in [5.41, 5.74) is 3.28. The molecular formula is C24H31ClN2O2S. The third-order valence-corrected chi connectivity index (χ3v) is 6.42. The highest BCUT2D eigenvalue weighted by molar-refractivity contribution is 7.99. The Morgan fingerprint density at radius 2 is 1.77 bits per heavy atom. The van der Waals surface area contributed by atoms with Gasteiger partial charge in [-0.2, -0.15) is 0 Å². The maximum atomic E-state index is 13.1. The van der Waals surface area contributed by atoms with Crippen LogP contribution in [0.2, 0.25) is 5.02 Å². The monoisotopic (exact) mass is 446 g/mol. The van der Waals surface area contributed by atoms with Gasteiger partial charge in [-0.3, -0.25) is 9.59 Å². The zero-order chi connectivity index (χ0) is 22.1. The molecule has 2 aromatic carbocycles. The van der Waals surface area contributed by atoms with Gasteiger partial charge in [0, 0.05) is 23.4 Å². The molecular weight excluding hydrogens is 416 g/mol. The van der Waals surface area contributed by atoms with Crippen molar-refractivity contribution >= 4 is 35.2 Å². The first kappa shape index (κ1) is 24.3. The third-order valence-electron chi connectivity index (χ3n) is 5.18. The number of benzene rings is 2. The molecule has 0 spiro atoms. The number of carbonyl (C=O) groups excluding carboxylic acids is 2. The molecule has 30 heavy (non-hydrogen) atoms. The van der Waals surface area contributed by atoms with Gasteiger partial charge in [-0.25, -0.2) is 0 Å². The van der Waals surface area contributed by atoms with Crippen LogP contribution in [0.5, 0.6) is 0 Å². The summed E-state index contributed by atoms with van der Waals surface area (Å²) < 4.78 is 0. The smallest absolute Gasteiger partial charge is 0.242 e. The van der Waals surface area contributed by atoms with Crippen LogP contribution in [-0.2, 0) is 21.9 Å². The Bertz CT molecular complexity index is 841. The lowest BCUT2D eigenvalue weighted by Crippen LogP contribution is -2.50. The molecule has 0 heterocycles. The lowest BCUT2D eigenvalue weighted by atomic mass is 10.1. The minimum atomic E-state index is -0.540. The molecule has 0 bridgehead atoms. The Labute approximate surface area is 189 Å². The van der Waals surface area contributed by atoms with E-state index in [9.17, 15) is 9.59 Å². The first-order valence-corrected chi connectivity index (χ1v) is 11.8. The predicted molar refractivity (Wildman–Crippen MR) is 127 cm³/mol. The number of carbonyl (C=O) groups is 2. The van der Waals surface area contributed by atoms with Crippen molar-refractivity contribution < 1.29 is 9.59 Å². The van der Waals surface area contributed by atoms with Crippen molar-refractivity contribution in [2.75, 3.05) is 5.75 Å². The molecule has 0 saturated heterocycles. The minimum Gasteiger partial charge on any atom is -0.352 e. The number of rotatable bonds is 10. The number of nitrogens with one attached hydrogen (secondary N) is 1. The Morgan fingerprint density at radius 1 is 1.10 bits per heavy atom. The van der Waals surface area contributed by atoms with Crippen molar-refractivity contribution in [3.63, 3.8) is 0 Å². The van der Waals surface area contributed by atoms with Crippen molar-refractivity contribution in [2.24, 2.45) is 0 Å². The van der Waals surface area contributed by atoms with Crippen LogP contribution in [0.15, 0.2) is 48.5 Å². The molecule has 0 fully saturated rings. The molecule has 162 valence electrons. The summed E-state index contributed by atoms with van der Waals surface area (Å²) in [7, 11) is 0. The van der Waals surface area contributed by atoms with Crippen LogP contribution < -0.4 is 5.32 Å². The zero-order valence-electron chi connectivity index (χ0n) is 18.2. The standard InChI is InChI=1S/C24H31ClN2O2S/c1-5-18(3)26-24(29)19(4)27(14-21-9-7-6-8-17(21)2)23(28)16-30-15-20-10-12-22(25)13-11-20/h6-13,18-19H,5,14-16H2,1-4H3,(H,26,29)/t18-,19-/m0/s1. The number of hydrogen-bond donors (Lipinski definition) is 1. The van der Waals surface area contributed by atoms with Gasteiger partial charge in [-0.15, -0.1) is 11.8 Å². The Hall–Kier alpha value is -1.98. The molecule has 0 unspecified atom stereocenters. The lowest BCUT2D eigenvalue weighted by molar-refractivity contribution is -0.138. The van der Waals surface area contributed by atoms with E-state index in [4.69, 9.17) is 11.6 Å².